The first-order chi connectivity index (χ1) is 8.60. The molecule has 0 spiro atoms. The molecule has 0 saturated carbocycles. The summed E-state index contributed by atoms with van der Waals surface area (Å²) in [4.78, 5) is 7.50. The highest BCUT2D eigenvalue weighted by molar-refractivity contribution is 5.55. The molecular formula is C11H5F3N4. The molecule has 0 radical (unpaired) electrons. The predicted molar refractivity (Wildman–Crippen MR) is 56.3 cm³/mol. The summed E-state index contributed by atoms with van der Waals surface area (Å²) in [6.07, 6.45) is 2.41. The molecule has 2 aromatic rings. The Labute approximate surface area is 99.7 Å². The zero-order valence-corrected chi connectivity index (χ0v) is 8.78. The van der Waals surface area contributed by atoms with Crippen molar-refractivity contribution in [2.45, 2.75) is 0 Å². The average Bonchev–Trinajstić information content (AvgIpc) is 2.37. The fraction of sp³-hybridized carbons (Fsp3) is 0. The predicted octanol–water partition coefficient (Wildman–Crippen LogP) is 2.51. The summed E-state index contributed by atoms with van der Waals surface area (Å²) in [7, 11) is 0. The summed E-state index contributed by atoms with van der Waals surface area (Å²) in [5.41, 5.74) is 0.0995. The number of nitrogens with zero attached hydrogens (tertiary/aromatic N) is 3. The minimum atomic E-state index is -1.54. The molecule has 90 valence electrons. The van der Waals surface area contributed by atoms with Crippen molar-refractivity contribution in [3.8, 4) is 6.07 Å². The number of aromatic nitrogens is 2. The van der Waals surface area contributed by atoms with E-state index < -0.39 is 17.5 Å². The zero-order chi connectivity index (χ0) is 13.1. The van der Waals surface area contributed by atoms with Gasteiger partial charge in [0.05, 0.1) is 12.4 Å². The monoisotopic (exact) mass is 250 g/mol. The number of rotatable bonds is 2. The van der Waals surface area contributed by atoms with Crippen LogP contribution in [0.25, 0.3) is 0 Å². The largest absolute Gasteiger partial charge is 0.339 e. The molecule has 0 aliphatic rings. The first-order valence-electron chi connectivity index (χ1n) is 4.74. The van der Waals surface area contributed by atoms with E-state index in [2.05, 4.69) is 15.3 Å². The van der Waals surface area contributed by atoms with Crippen molar-refractivity contribution in [2.75, 3.05) is 5.32 Å². The van der Waals surface area contributed by atoms with E-state index in [9.17, 15) is 13.2 Å². The number of nitrogens with one attached hydrogen (secondary N) is 1. The molecule has 1 N–H and O–H groups in total. The topological polar surface area (TPSA) is 61.6 Å². The molecule has 0 aliphatic carbocycles. The van der Waals surface area contributed by atoms with Crippen LogP contribution in [-0.2, 0) is 0 Å². The highest BCUT2D eigenvalue weighted by Gasteiger charge is 2.10. The molecule has 0 fully saturated rings. The Morgan fingerprint density at radius 2 is 1.72 bits per heavy atom. The second-order valence-electron chi connectivity index (χ2n) is 3.28. The van der Waals surface area contributed by atoms with E-state index in [0.717, 1.165) is 12.1 Å². The van der Waals surface area contributed by atoms with E-state index in [1.807, 2.05) is 0 Å². The second-order valence-corrected chi connectivity index (χ2v) is 3.28. The van der Waals surface area contributed by atoms with Crippen molar-refractivity contribution in [1.29, 1.82) is 5.26 Å². The lowest BCUT2D eigenvalue weighted by Crippen LogP contribution is -1.98. The highest BCUT2D eigenvalue weighted by atomic mass is 19.2. The normalized spacial score (nSPS) is 9.89. The molecule has 2 rings (SSSR count). The van der Waals surface area contributed by atoms with Gasteiger partial charge in [0.25, 0.3) is 0 Å². The second kappa shape index (κ2) is 4.71. The smallest absolute Gasteiger partial charge is 0.194 e. The molecular weight excluding hydrogens is 245 g/mol. The van der Waals surface area contributed by atoms with Crippen molar-refractivity contribution in [3.05, 3.63) is 47.7 Å². The van der Waals surface area contributed by atoms with Gasteiger partial charge >= 0.3 is 0 Å². The molecule has 1 heterocycles. The standard InChI is InChI=1S/C11H5F3N4/c12-8-1-6(2-9(13)11(8)14)18-10-5-16-7(3-15)4-17-10/h1-2,4-5H,(H,17,18). The van der Waals surface area contributed by atoms with Crippen LogP contribution in [0.1, 0.15) is 5.69 Å². The van der Waals surface area contributed by atoms with Crippen molar-refractivity contribution in [3.63, 3.8) is 0 Å². The van der Waals surface area contributed by atoms with Crippen LogP contribution < -0.4 is 5.32 Å². The summed E-state index contributed by atoms with van der Waals surface area (Å²) < 4.78 is 38.6. The van der Waals surface area contributed by atoms with Gasteiger partial charge in [0.1, 0.15) is 11.9 Å². The highest BCUT2D eigenvalue weighted by Crippen LogP contribution is 2.19. The van der Waals surface area contributed by atoms with Gasteiger partial charge in [-0.3, -0.25) is 0 Å². The van der Waals surface area contributed by atoms with Crippen molar-refractivity contribution in [2.24, 2.45) is 0 Å². The lowest BCUT2D eigenvalue weighted by molar-refractivity contribution is 0.448. The van der Waals surface area contributed by atoms with Gasteiger partial charge in [-0.1, -0.05) is 0 Å². The van der Waals surface area contributed by atoms with Gasteiger partial charge in [0.2, 0.25) is 0 Å². The Morgan fingerprint density at radius 3 is 2.22 bits per heavy atom. The summed E-state index contributed by atoms with van der Waals surface area (Å²) >= 11 is 0. The van der Waals surface area contributed by atoms with E-state index in [-0.39, 0.29) is 17.2 Å². The maximum atomic E-state index is 12.9. The molecule has 0 amide bonds. The molecule has 0 saturated heterocycles. The van der Waals surface area contributed by atoms with Gasteiger partial charge in [-0.05, 0) is 0 Å². The van der Waals surface area contributed by atoms with E-state index in [1.165, 1.54) is 12.4 Å². The van der Waals surface area contributed by atoms with Crippen LogP contribution in [0.3, 0.4) is 0 Å². The molecule has 0 aliphatic heterocycles. The first-order valence-corrected chi connectivity index (χ1v) is 4.74. The van der Waals surface area contributed by atoms with Crippen LogP contribution in [0.2, 0.25) is 0 Å². The average molecular weight is 250 g/mol. The van der Waals surface area contributed by atoms with Crippen LogP contribution in [-0.4, -0.2) is 9.97 Å². The van der Waals surface area contributed by atoms with E-state index in [0.29, 0.717) is 0 Å². The van der Waals surface area contributed by atoms with Crippen LogP contribution in [0.5, 0.6) is 0 Å². The van der Waals surface area contributed by atoms with Crippen LogP contribution in [0, 0.1) is 28.8 Å². The first kappa shape index (κ1) is 11.9. The Hall–Kier alpha value is -2.62. The molecule has 0 unspecified atom stereocenters. The van der Waals surface area contributed by atoms with E-state index >= 15 is 0 Å². The maximum Gasteiger partial charge on any atom is 0.194 e. The summed E-state index contributed by atoms with van der Waals surface area (Å²) in [5.74, 6) is -3.97. The van der Waals surface area contributed by atoms with Gasteiger partial charge in [0, 0.05) is 17.8 Å². The quantitative estimate of drug-likeness (QED) is 0.832. The van der Waals surface area contributed by atoms with Gasteiger partial charge in [-0.2, -0.15) is 5.26 Å². The third kappa shape index (κ3) is 2.38. The number of anilines is 2. The SMILES string of the molecule is N#Cc1cnc(Nc2cc(F)c(F)c(F)c2)cn1. The lowest BCUT2D eigenvalue weighted by Gasteiger charge is -2.05. The molecule has 4 nitrogen and oxygen atoms in total. The molecule has 1 aromatic carbocycles. The van der Waals surface area contributed by atoms with Gasteiger partial charge < -0.3 is 5.32 Å². The van der Waals surface area contributed by atoms with Crippen LogP contribution in [0.4, 0.5) is 24.7 Å². The van der Waals surface area contributed by atoms with E-state index in [1.54, 1.807) is 6.07 Å². The number of hydrogen-bond donors (Lipinski definition) is 1. The number of halogens is 3. The lowest BCUT2D eigenvalue weighted by atomic mass is 10.3. The van der Waals surface area contributed by atoms with Gasteiger partial charge in [-0.15, -0.1) is 0 Å². The molecule has 7 heteroatoms. The summed E-state index contributed by atoms with van der Waals surface area (Å²) in [6.45, 7) is 0. The minimum absolute atomic E-state index is 0.00888. The fourth-order valence-electron chi connectivity index (χ4n) is 1.23. The van der Waals surface area contributed by atoms with Crippen LogP contribution in [0.15, 0.2) is 24.5 Å². The van der Waals surface area contributed by atoms with Crippen LogP contribution >= 0.6 is 0 Å². The number of hydrogen-bond acceptors (Lipinski definition) is 4. The Bertz CT molecular complexity index is 596. The molecule has 0 bridgehead atoms. The molecule has 18 heavy (non-hydrogen) atoms. The van der Waals surface area contributed by atoms with Crippen molar-refractivity contribution < 1.29 is 13.2 Å². The fourth-order valence-corrected chi connectivity index (χ4v) is 1.23. The molecule has 1 aromatic heterocycles. The van der Waals surface area contributed by atoms with Gasteiger partial charge in [0.15, 0.2) is 23.1 Å². The third-order valence-corrected chi connectivity index (χ3v) is 2.02. The summed E-state index contributed by atoms with van der Waals surface area (Å²) in [6, 6.07) is 3.35. The van der Waals surface area contributed by atoms with Crippen molar-refractivity contribution >= 4 is 11.5 Å². The Balaban J connectivity index is 2.26. The summed E-state index contributed by atoms with van der Waals surface area (Å²) in [5, 5.41) is 11.0. The molecule has 0 atom stereocenters. The maximum absolute atomic E-state index is 12.9. The van der Waals surface area contributed by atoms with Crippen molar-refractivity contribution in [1.82, 2.24) is 9.97 Å². The zero-order valence-electron chi connectivity index (χ0n) is 8.78. The number of nitriles is 1. The number of benzene rings is 1. The van der Waals surface area contributed by atoms with Gasteiger partial charge in [-0.25, -0.2) is 23.1 Å². The third-order valence-electron chi connectivity index (χ3n) is 2.02. The Morgan fingerprint density at radius 1 is 1.06 bits per heavy atom. The minimum Gasteiger partial charge on any atom is -0.339 e. The van der Waals surface area contributed by atoms with E-state index in [4.69, 9.17) is 5.26 Å². The Kier molecular flexibility index (Phi) is 3.10.